The molecule has 0 aromatic heterocycles. The second-order valence-corrected chi connectivity index (χ2v) is 8.82. The van der Waals surface area contributed by atoms with E-state index in [1.165, 1.54) is 5.56 Å². The second-order valence-electron chi connectivity index (χ2n) is 8.56. The molecular formula is C23H36ClN3O2. The number of piperazine rings is 1. The second kappa shape index (κ2) is 11.6. The molecule has 0 atom stereocenters. The Hall–Kier alpha value is -1.59. The first-order valence-electron chi connectivity index (χ1n) is 10.8. The number of rotatable bonds is 10. The first kappa shape index (κ1) is 23.7. The van der Waals surface area contributed by atoms with Crippen LogP contribution in [0.2, 0.25) is 0 Å². The van der Waals surface area contributed by atoms with Gasteiger partial charge in [0.15, 0.2) is 0 Å². The molecule has 29 heavy (non-hydrogen) atoms. The van der Waals surface area contributed by atoms with Crippen LogP contribution in [0.15, 0.2) is 30.3 Å². The van der Waals surface area contributed by atoms with Crippen molar-refractivity contribution in [3.05, 3.63) is 35.9 Å². The lowest BCUT2D eigenvalue weighted by Gasteiger charge is -2.35. The standard InChI is InChI=1S/C23H36ClN3O2/c1-4-5-12-27(22(29)23(2,3)19-24)13-11-21(28)26-16-14-25(15-17-26)18-20-9-7-6-8-10-20/h6-10H,4-5,11-19H2,1-3H3. The van der Waals surface area contributed by atoms with E-state index in [2.05, 4.69) is 36.1 Å². The van der Waals surface area contributed by atoms with Gasteiger partial charge >= 0.3 is 0 Å². The van der Waals surface area contributed by atoms with Gasteiger partial charge in [-0.2, -0.15) is 0 Å². The summed E-state index contributed by atoms with van der Waals surface area (Å²) in [7, 11) is 0. The third-order valence-electron chi connectivity index (χ3n) is 5.55. The Kier molecular flexibility index (Phi) is 9.44. The largest absolute Gasteiger partial charge is 0.342 e. The molecule has 0 N–H and O–H groups in total. The van der Waals surface area contributed by atoms with Gasteiger partial charge in [0, 0.05) is 58.1 Å². The van der Waals surface area contributed by atoms with Gasteiger partial charge in [-0.3, -0.25) is 14.5 Å². The van der Waals surface area contributed by atoms with Crippen molar-refractivity contribution in [1.82, 2.24) is 14.7 Å². The van der Waals surface area contributed by atoms with Crippen LogP contribution in [-0.4, -0.2) is 71.7 Å². The summed E-state index contributed by atoms with van der Waals surface area (Å²) in [6.07, 6.45) is 2.34. The minimum atomic E-state index is -0.596. The number of hydrogen-bond acceptors (Lipinski definition) is 3. The number of nitrogens with zero attached hydrogens (tertiary/aromatic N) is 3. The van der Waals surface area contributed by atoms with Crippen LogP contribution in [0.1, 0.15) is 45.6 Å². The van der Waals surface area contributed by atoms with E-state index in [1.54, 1.807) is 0 Å². The van der Waals surface area contributed by atoms with Gasteiger partial charge in [0.2, 0.25) is 11.8 Å². The Morgan fingerprint density at radius 3 is 2.31 bits per heavy atom. The maximum atomic E-state index is 12.8. The van der Waals surface area contributed by atoms with E-state index in [-0.39, 0.29) is 17.7 Å². The number of alkyl halides is 1. The lowest BCUT2D eigenvalue weighted by Crippen LogP contribution is -2.49. The molecule has 0 bridgehead atoms. The summed E-state index contributed by atoms with van der Waals surface area (Å²) in [5.74, 6) is 0.468. The average molecular weight is 422 g/mol. The molecule has 1 aromatic rings. The van der Waals surface area contributed by atoms with Gasteiger partial charge in [0.05, 0.1) is 5.41 Å². The molecule has 1 saturated heterocycles. The van der Waals surface area contributed by atoms with Crippen LogP contribution in [0.25, 0.3) is 0 Å². The molecular weight excluding hydrogens is 386 g/mol. The Balaban J connectivity index is 1.81. The number of benzene rings is 1. The molecule has 0 aliphatic carbocycles. The van der Waals surface area contributed by atoms with Crippen molar-refractivity contribution in [1.29, 1.82) is 0 Å². The van der Waals surface area contributed by atoms with Crippen LogP contribution in [0.4, 0.5) is 0 Å². The van der Waals surface area contributed by atoms with Crippen LogP contribution in [0.5, 0.6) is 0 Å². The summed E-state index contributed by atoms with van der Waals surface area (Å²) >= 11 is 5.99. The van der Waals surface area contributed by atoms with Crippen LogP contribution in [-0.2, 0) is 16.1 Å². The summed E-state index contributed by atoms with van der Waals surface area (Å²) in [6.45, 7) is 11.2. The minimum absolute atomic E-state index is 0.0430. The average Bonchev–Trinajstić information content (AvgIpc) is 2.74. The summed E-state index contributed by atoms with van der Waals surface area (Å²) in [4.78, 5) is 31.7. The van der Waals surface area contributed by atoms with Crippen molar-refractivity contribution >= 4 is 23.4 Å². The highest BCUT2D eigenvalue weighted by Crippen LogP contribution is 2.21. The third-order valence-corrected chi connectivity index (χ3v) is 6.22. The van der Waals surface area contributed by atoms with Crippen molar-refractivity contribution in [3.63, 3.8) is 0 Å². The zero-order valence-corrected chi connectivity index (χ0v) is 19.0. The molecule has 1 aliphatic rings. The summed E-state index contributed by atoms with van der Waals surface area (Å²) < 4.78 is 0. The normalized spacial score (nSPS) is 15.4. The van der Waals surface area contributed by atoms with Crippen molar-refractivity contribution in [3.8, 4) is 0 Å². The number of hydrogen-bond donors (Lipinski definition) is 0. The monoisotopic (exact) mass is 421 g/mol. The van der Waals surface area contributed by atoms with Gasteiger partial charge in [-0.15, -0.1) is 11.6 Å². The van der Waals surface area contributed by atoms with E-state index >= 15 is 0 Å². The molecule has 0 radical (unpaired) electrons. The predicted octanol–water partition coefficient (Wildman–Crippen LogP) is 3.61. The van der Waals surface area contributed by atoms with E-state index in [4.69, 9.17) is 11.6 Å². The maximum absolute atomic E-state index is 12.8. The Labute approximate surface area is 181 Å². The molecule has 1 fully saturated rings. The van der Waals surface area contributed by atoms with Gasteiger partial charge < -0.3 is 9.80 Å². The Morgan fingerprint density at radius 2 is 1.72 bits per heavy atom. The zero-order valence-electron chi connectivity index (χ0n) is 18.2. The zero-order chi connectivity index (χ0) is 21.3. The van der Waals surface area contributed by atoms with Crippen LogP contribution in [0, 0.1) is 5.41 Å². The van der Waals surface area contributed by atoms with Crippen molar-refractivity contribution < 1.29 is 9.59 Å². The molecule has 1 heterocycles. The lowest BCUT2D eigenvalue weighted by molar-refractivity contribution is -0.140. The predicted molar refractivity (Wildman–Crippen MR) is 119 cm³/mol. The molecule has 1 aromatic carbocycles. The molecule has 2 rings (SSSR count). The number of carbonyl (C=O) groups is 2. The van der Waals surface area contributed by atoms with Crippen LogP contribution < -0.4 is 0 Å². The minimum Gasteiger partial charge on any atom is -0.342 e. The first-order chi connectivity index (χ1) is 13.9. The van der Waals surface area contributed by atoms with Crippen molar-refractivity contribution in [2.45, 2.75) is 46.6 Å². The van der Waals surface area contributed by atoms with Gasteiger partial charge in [-0.05, 0) is 25.8 Å². The fourth-order valence-electron chi connectivity index (χ4n) is 3.53. The van der Waals surface area contributed by atoms with Crippen molar-refractivity contribution in [2.75, 3.05) is 45.1 Å². The Morgan fingerprint density at radius 1 is 1.07 bits per heavy atom. The molecule has 5 nitrogen and oxygen atoms in total. The number of unbranched alkanes of at least 4 members (excludes halogenated alkanes) is 1. The van der Waals surface area contributed by atoms with Crippen LogP contribution in [0.3, 0.4) is 0 Å². The molecule has 162 valence electrons. The van der Waals surface area contributed by atoms with Crippen LogP contribution >= 0.6 is 11.6 Å². The SMILES string of the molecule is CCCCN(CCC(=O)N1CCN(Cc2ccccc2)CC1)C(=O)C(C)(C)CCl. The smallest absolute Gasteiger partial charge is 0.229 e. The number of halogens is 1. The molecule has 0 saturated carbocycles. The van der Waals surface area contributed by atoms with E-state index in [0.717, 1.165) is 45.6 Å². The Bertz CT molecular complexity index is 643. The molecule has 2 amide bonds. The molecule has 6 heteroatoms. The lowest BCUT2D eigenvalue weighted by atomic mass is 9.94. The molecule has 1 aliphatic heterocycles. The van der Waals surface area contributed by atoms with E-state index in [9.17, 15) is 9.59 Å². The van der Waals surface area contributed by atoms with Gasteiger partial charge in [-0.25, -0.2) is 0 Å². The third kappa shape index (κ3) is 7.31. The van der Waals surface area contributed by atoms with E-state index < -0.39 is 5.41 Å². The first-order valence-corrected chi connectivity index (χ1v) is 11.3. The number of carbonyl (C=O) groups excluding carboxylic acids is 2. The van der Waals surface area contributed by atoms with Crippen molar-refractivity contribution in [2.24, 2.45) is 5.41 Å². The van der Waals surface area contributed by atoms with E-state index in [1.807, 2.05) is 29.7 Å². The maximum Gasteiger partial charge on any atom is 0.229 e. The quantitative estimate of drug-likeness (QED) is 0.542. The molecule has 0 unspecified atom stereocenters. The highest BCUT2D eigenvalue weighted by molar-refractivity contribution is 6.19. The summed E-state index contributed by atoms with van der Waals surface area (Å²) in [6, 6.07) is 10.4. The number of amides is 2. The summed E-state index contributed by atoms with van der Waals surface area (Å²) in [5, 5.41) is 0. The topological polar surface area (TPSA) is 43.9 Å². The van der Waals surface area contributed by atoms with E-state index in [0.29, 0.717) is 19.5 Å². The van der Waals surface area contributed by atoms with Gasteiger partial charge in [-0.1, -0.05) is 43.7 Å². The highest BCUT2D eigenvalue weighted by atomic mass is 35.5. The molecule has 0 spiro atoms. The fourth-order valence-corrected chi connectivity index (χ4v) is 3.65. The van der Waals surface area contributed by atoms with Gasteiger partial charge in [0.1, 0.15) is 0 Å². The highest BCUT2D eigenvalue weighted by Gasteiger charge is 2.31. The summed E-state index contributed by atoms with van der Waals surface area (Å²) in [5.41, 5.74) is 0.709. The van der Waals surface area contributed by atoms with Gasteiger partial charge in [0.25, 0.3) is 0 Å². The fraction of sp³-hybridized carbons (Fsp3) is 0.652.